The highest BCUT2D eigenvalue weighted by atomic mass is 32.1. The Bertz CT molecular complexity index is 485. The highest BCUT2D eigenvalue weighted by Crippen LogP contribution is 2.40. The summed E-state index contributed by atoms with van der Waals surface area (Å²) in [5.74, 6) is -10.8. The first-order valence-electron chi connectivity index (χ1n) is 6.17. The molecule has 1 aromatic rings. The van der Waals surface area contributed by atoms with Crippen LogP contribution in [0.4, 0.5) is 22.0 Å². The van der Waals surface area contributed by atoms with Gasteiger partial charge in [-0.15, -0.1) is 0 Å². The first kappa shape index (κ1) is 15.4. The van der Waals surface area contributed by atoms with E-state index in [1.165, 1.54) is 0 Å². The summed E-state index contributed by atoms with van der Waals surface area (Å²) in [6.45, 7) is -0.116. The van der Waals surface area contributed by atoms with Gasteiger partial charge in [-0.1, -0.05) is 12.8 Å². The van der Waals surface area contributed by atoms with Gasteiger partial charge in [0.15, 0.2) is 5.75 Å². The number of halogens is 5. The van der Waals surface area contributed by atoms with Gasteiger partial charge < -0.3 is 4.74 Å². The third kappa shape index (κ3) is 2.60. The summed E-state index contributed by atoms with van der Waals surface area (Å²) in [5.41, 5.74) is -0.372. The molecule has 0 amide bonds. The molecule has 0 atom stereocenters. The average Bonchev–Trinajstić information content (AvgIpc) is 2.92. The van der Waals surface area contributed by atoms with E-state index in [2.05, 4.69) is 12.6 Å². The van der Waals surface area contributed by atoms with Crippen molar-refractivity contribution < 1.29 is 26.7 Å². The van der Waals surface area contributed by atoms with Gasteiger partial charge in [-0.3, -0.25) is 0 Å². The second kappa shape index (κ2) is 5.79. The molecular formula is C13H13F5OS. The van der Waals surface area contributed by atoms with Gasteiger partial charge in [0.1, 0.15) is 0 Å². The van der Waals surface area contributed by atoms with Crippen molar-refractivity contribution in [3.8, 4) is 5.75 Å². The summed E-state index contributed by atoms with van der Waals surface area (Å²) in [6, 6.07) is 0. The van der Waals surface area contributed by atoms with Gasteiger partial charge in [-0.25, -0.2) is 13.2 Å². The lowest BCUT2D eigenvalue weighted by molar-refractivity contribution is 0.157. The third-order valence-electron chi connectivity index (χ3n) is 3.69. The normalized spacial score (nSPS) is 17.5. The largest absolute Gasteiger partial charge is 0.487 e. The van der Waals surface area contributed by atoms with Gasteiger partial charge in [-0.2, -0.15) is 21.4 Å². The standard InChI is InChI=1S/C13H13F5OS/c14-7-8(15)10(17)12(11(18)9(7)16)19-5-13(6-20)3-1-2-4-13/h20H,1-6H2. The van der Waals surface area contributed by atoms with Crippen LogP contribution in [0, 0.1) is 34.5 Å². The fraction of sp³-hybridized carbons (Fsp3) is 0.538. The number of rotatable bonds is 4. The van der Waals surface area contributed by atoms with Crippen LogP contribution in [0.1, 0.15) is 25.7 Å². The van der Waals surface area contributed by atoms with E-state index < -0.39 is 34.8 Å². The molecule has 0 aliphatic heterocycles. The van der Waals surface area contributed by atoms with Gasteiger partial charge in [-0.05, 0) is 18.6 Å². The summed E-state index contributed by atoms with van der Waals surface area (Å²) < 4.78 is 70.7. The van der Waals surface area contributed by atoms with Gasteiger partial charge in [0.05, 0.1) is 6.61 Å². The smallest absolute Gasteiger partial charge is 0.206 e. The molecule has 1 fully saturated rings. The first-order chi connectivity index (χ1) is 9.42. The van der Waals surface area contributed by atoms with Crippen molar-refractivity contribution in [1.29, 1.82) is 0 Å². The van der Waals surface area contributed by atoms with E-state index in [4.69, 9.17) is 4.74 Å². The number of ether oxygens (including phenoxy) is 1. The van der Waals surface area contributed by atoms with Crippen molar-refractivity contribution in [2.45, 2.75) is 25.7 Å². The number of benzene rings is 1. The third-order valence-corrected chi connectivity index (χ3v) is 4.36. The predicted octanol–water partition coefficient (Wildman–Crippen LogP) is 4.25. The molecule has 0 bridgehead atoms. The minimum atomic E-state index is -2.18. The van der Waals surface area contributed by atoms with Crippen molar-refractivity contribution in [2.24, 2.45) is 5.41 Å². The molecule has 112 valence electrons. The van der Waals surface area contributed by atoms with E-state index in [9.17, 15) is 22.0 Å². The SMILES string of the molecule is Fc1c(F)c(F)c(OCC2(CS)CCCC2)c(F)c1F. The van der Waals surface area contributed by atoms with E-state index in [0.29, 0.717) is 5.75 Å². The highest BCUT2D eigenvalue weighted by molar-refractivity contribution is 7.80. The van der Waals surface area contributed by atoms with E-state index in [1.54, 1.807) is 0 Å². The van der Waals surface area contributed by atoms with Gasteiger partial charge in [0.2, 0.25) is 29.1 Å². The van der Waals surface area contributed by atoms with Crippen molar-refractivity contribution in [2.75, 3.05) is 12.4 Å². The Labute approximate surface area is 118 Å². The van der Waals surface area contributed by atoms with E-state index >= 15 is 0 Å². The molecule has 0 N–H and O–H groups in total. The zero-order chi connectivity index (χ0) is 14.9. The van der Waals surface area contributed by atoms with Crippen molar-refractivity contribution >= 4 is 12.6 Å². The average molecular weight is 312 g/mol. The molecule has 1 aliphatic carbocycles. The Morgan fingerprint density at radius 2 is 1.30 bits per heavy atom. The van der Waals surface area contributed by atoms with Crippen LogP contribution >= 0.6 is 12.6 Å². The predicted molar refractivity (Wildman–Crippen MR) is 66.5 cm³/mol. The van der Waals surface area contributed by atoms with Crippen LogP contribution < -0.4 is 4.74 Å². The maximum atomic E-state index is 13.4. The summed E-state index contributed by atoms with van der Waals surface area (Å²) in [6.07, 6.45) is 3.37. The Balaban J connectivity index is 2.26. The zero-order valence-electron chi connectivity index (χ0n) is 10.5. The van der Waals surface area contributed by atoms with Gasteiger partial charge in [0.25, 0.3) is 0 Å². The number of hydrogen-bond acceptors (Lipinski definition) is 2. The fourth-order valence-corrected chi connectivity index (χ4v) is 2.82. The first-order valence-corrected chi connectivity index (χ1v) is 6.80. The molecule has 0 radical (unpaired) electrons. The van der Waals surface area contributed by atoms with Crippen molar-refractivity contribution in [3.05, 3.63) is 29.1 Å². The lowest BCUT2D eigenvalue weighted by Gasteiger charge is -2.27. The second-order valence-electron chi connectivity index (χ2n) is 5.05. The molecule has 1 aliphatic rings. The summed E-state index contributed by atoms with van der Waals surface area (Å²) in [4.78, 5) is 0. The molecule has 1 nitrogen and oxygen atoms in total. The fourth-order valence-electron chi connectivity index (χ4n) is 2.41. The zero-order valence-corrected chi connectivity index (χ0v) is 11.4. The molecule has 1 aromatic carbocycles. The van der Waals surface area contributed by atoms with Crippen LogP contribution in [0.15, 0.2) is 0 Å². The van der Waals surface area contributed by atoms with E-state index in [0.717, 1.165) is 25.7 Å². The van der Waals surface area contributed by atoms with E-state index in [-0.39, 0.29) is 12.0 Å². The number of thiol groups is 1. The minimum absolute atomic E-state index is 0.116. The van der Waals surface area contributed by atoms with Gasteiger partial charge in [0, 0.05) is 5.41 Å². The molecule has 0 spiro atoms. The van der Waals surface area contributed by atoms with Crippen molar-refractivity contribution in [1.82, 2.24) is 0 Å². The Hall–Kier alpha value is -0.980. The monoisotopic (exact) mass is 312 g/mol. The van der Waals surface area contributed by atoms with Crippen LogP contribution in [0.2, 0.25) is 0 Å². The lowest BCUT2D eigenvalue weighted by atomic mass is 9.90. The topological polar surface area (TPSA) is 9.23 Å². The molecule has 1 saturated carbocycles. The maximum absolute atomic E-state index is 13.4. The van der Waals surface area contributed by atoms with Crippen LogP contribution in [-0.2, 0) is 0 Å². The summed E-state index contributed by atoms with van der Waals surface area (Å²) >= 11 is 4.18. The molecule has 0 saturated heterocycles. The molecule has 0 aromatic heterocycles. The molecule has 20 heavy (non-hydrogen) atoms. The Morgan fingerprint density at radius 1 is 0.850 bits per heavy atom. The summed E-state index contributed by atoms with van der Waals surface area (Å²) in [7, 11) is 0. The van der Waals surface area contributed by atoms with Crippen LogP contribution in [0.25, 0.3) is 0 Å². The van der Waals surface area contributed by atoms with Crippen molar-refractivity contribution in [3.63, 3.8) is 0 Å². The molecule has 7 heteroatoms. The molecule has 0 unspecified atom stereocenters. The highest BCUT2D eigenvalue weighted by Gasteiger charge is 2.35. The quantitative estimate of drug-likeness (QED) is 0.378. The second-order valence-corrected chi connectivity index (χ2v) is 5.37. The summed E-state index contributed by atoms with van der Waals surface area (Å²) in [5, 5.41) is 0. The molecule has 2 rings (SSSR count). The number of hydrogen-bond donors (Lipinski definition) is 1. The Morgan fingerprint density at radius 3 is 1.75 bits per heavy atom. The van der Waals surface area contributed by atoms with Crippen LogP contribution in [-0.4, -0.2) is 12.4 Å². The van der Waals surface area contributed by atoms with Gasteiger partial charge >= 0.3 is 0 Å². The van der Waals surface area contributed by atoms with Crippen LogP contribution in [0.5, 0.6) is 5.75 Å². The van der Waals surface area contributed by atoms with Crippen LogP contribution in [0.3, 0.4) is 0 Å². The lowest BCUT2D eigenvalue weighted by Crippen LogP contribution is -2.28. The molecule has 0 heterocycles. The molecular weight excluding hydrogens is 299 g/mol. The minimum Gasteiger partial charge on any atom is -0.487 e. The Kier molecular flexibility index (Phi) is 4.46. The maximum Gasteiger partial charge on any atom is 0.206 e. The van der Waals surface area contributed by atoms with E-state index in [1.807, 2.05) is 0 Å².